The number of rotatable bonds is 4. The van der Waals surface area contributed by atoms with Crippen LogP contribution in [0.15, 0.2) is 18.3 Å². The lowest BCUT2D eigenvalue weighted by Crippen LogP contribution is -2.49. The molecule has 3 unspecified atom stereocenters. The normalized spacial score (nSPS) is 25.7. The van der Waals surface area contributed by atoms with Gasteiger partial charge in [0.15, 0.2) is 0 Å². The van der Waals surface area contributed by atoms with Gasteiger partial charge in [0.05, 0.1) is 5.56 Å². The fraction of sp³-hybridized carbons (Fsp3) is 0.647. The number of likely N-dealkylation sites (tertiary alicyclic amines) is 1. The largest absolute Gasteiger partial charge is 0.369 e. The molecule has 1 fully saturated rings. The quantitative estimate of drug-likeness (QED) is 0.924. The Bertz CT molecular complexity index is 489. The van der Waals surface area contributed by atoms with Crippen molar-refractivity contribution in [2.24, 2.45) is 11.8 Å². The van der Waals surface area contributed by atoms with E-state index in [1.165, 1.54) is 6.42 Å². The summed E-state index contributed by atoms with van der Waals surface area (Å²) in [5.41, 5.74) is 0.694. The summed E-state index contributed by atoms with van der Waals surface area (Å²) in [5.74, 6) is 1.92. The first kappa shape index (κ1) is 15.8. The van der Waals surface area contributed by atoms with Crippen LogP contribution in [0.5, 0.6) is 0 Å². The van der Waals surface area contributed by atoms with Gasteiger partial charge < -0.3 is 10.2 Å². The highest BCUT2D eigenvalue weighted by Crippen LogP contribution is 2.29. The zero-order valence-corrected chi connectivity index (χ0v) is 13.6. The number of pyridine rings is 1. The average molecular weight is 289 g/mol. The molecule has 3 atom stereocenters. The van der Waals surface area contributed by atoms with Crippen molar-refractivity contribution in [3.05, 3.63) is 23.9 Å². The molecule has 4 heteroatoms. The number of nitrogens with one attached hydrogen (secondary N) is 1. The SMILES string of the molecule is CCCNc1ncccc1C(=O)N1CC(C)CC(C)C1C. The summed E-state index contributed by atoms with van der Waals surface area (Å²) in [6, 6.07) is 4.00. The average Bonchev–Trinajstić information content (AvgIpc) is 2.48. The Labute approximate surface area is 127 Å². The summed E-state index contributed by atoms with van der Waals surface area (Å²) < 4.78 is 0. The third-order valence-electron chi connectivity index (χ3n) is 4.44. The molecular formula is C17H27N3O. The van der Waals surface area contributed by atoms with Gasteiger partial charge in [0.1, 0.15) is 5.82 Å². The molecule has 0 radical (unpaired) electrons. The highest BCUT2D eigenvalue weighted by atomic mass is 16.2. The number of piperidine rings is 1. The molecule has 0 aromatic carbocycles. The standard InChI is InChI=1S/C17H27N3O/c1-5-8-18-16-15(7-6-9-19-16)17(21)20-11-12(2)10-13(3)14(20)4/h6-7,9,12-14H,5,8,10-11H2,1-4H3,(H,18,19). The van der Waals surface area contributed by atoms with Gasteiger partial charge in [-0.3, -0.25) is 4.79 Å². The first-order valence-corrected chi connectivity index (χ1v) is 8.04. The minimum atomic E-state index is 0.104. The Morgan fingerprint density at radius 2 is 2.19 bits per heavy atom. The van der Waals surface area contributed by atoms with Crippen LogP contribution in [0.3, 0.4) is 0 Å². The van der Waals surface area contributed by atoms with Gasteiger partial charge in [-0.2, -0.15) is 0 Å². The minimum absolute atomic E-state index is 0.104. The van der Waals surface area contributed by atoms with Crippen molar-refractivity contribution in [3.8, 4) is 0 Å². The lowest BCUT2D eigenvalue weighted by Gasteiger charge is -2.41. The Morgan fingerprint density at radius 1 is 1.43 bits per heavy atom. The molecule has 0 saturated carbocycles. The predicted molar refractivity (Wildman–Crippen MR) is 86.5 cm³/mol. The van der Waals surface area contributed by atoms with Crippen LogP contribution in [0.25, 0.3) is 0 Å². The van der Waals surface area contributed by atoms with E-state index in [4.69, 9.17) is 0 Å². The second-order valence-corrected chi connectivity index (χ2v) is 6.34. The Morgan fingerprint density at radius 3 is 2.90 bits per heavy atom. The van der Waals surface area contributed by atoms with Crippen LogP contribution < -0.4 is 5.32 Å². The third kappa shape index (κ3) is 3.55. The van der Waals surface area contributed by atoms with E-state index < -0.39 is 0 Å². The maximum absolute atomic E-state index is 12.9. The van der Waals surface area contributed by atoms with Crippen molar-refractivity contribution in [3.63, 3.8) is 0 Å². The van der Waals surface area contributed by atoms with E-state index in [9.17, 15) is 4.79 Å². The second-order valence-electron chi connectivity index (χ2n) is 6.34. The van der Waals surface area contributed by atoms with Crippen LogP contribution in [0, 0.1) is 11.8 Å². The molecule has 21 heavy (non-hydrogen) atoms. The van der Waals surface area contributed by atoms with E-state index >= 15 is 0 Å². The number of carbonyl (C=O) groups excluding carboxylic acids is 1. The van der Waals surface area contributed by atoms with E-state index in [-0.39, 0.29) is 11.9 Å². The number of nitrogens with zero attached hydrogens (tertiary/aromatic N) is 2. The van der Waals surface area contributed by atoms with E-state index in [1.54, 1.807) is 6.20 Å². The summed E-state index contributed by atoms with van der Waals surface area (Å²) in [6.45, 7) is 10.4. The molecule has 2 rings (SSSR count). The van der Waals surface area contributed by atoms with E-state index in [2.05, 4.69) is 38.0 Å². The van der Waals surface area contributed by atoms with Crippen LogP contribution >= 0.6 is 0 Å². The molecular weight excluding hydrogens is 262 g/mol. The number of aromatic nitrogens is 1. The molecule has 1 saturated heterocycles. The second kappa shape index (κ2) is 6.92. The molecule has 116 valence electrons. The van der Waals surface area contributed by atoms with Crippen molar-refractivity contribution in [2.75, 3.05) is 18.4 Å². The van der Waals surface area contributed by atoms with Gasteiger partial charge in [-0.25, -0.2) is 4.98 Å². The lowest BCUT2D eigenvalue weighted by atomic mass is 9.85. The zero-order chi connectivity index (χ0) is 15.4. The first-order valence-electron chi connectivity index (χ1n) is 8.04. The fourth-order valence-corrected chi connectivity index (χ4v) is 3.10. The van der Waals surface area contributed by atoms with E-state index in [0.29, 0.717) is 23.2 Å². The van der Waals surface area contributed by atoms with Crippen molar-refractivity contribution < 1.29 is 4.79 Å². The van der Waals surface area contributed by atoms with Crippen LogP contribution in [0.1, 0.15) is 50.9 Å². The number of carbonyl (C=O) groups is 1. The van der Waals surface area contributed by atoms with Gasteiger partial charge in [0.2, 0.25) is 0 Å². The molecule has 4 nitrogen and oxygen atoms in total. The molecule has 0 bridgehead atoms. The number of amides is 1. The Hall–Kier alpha value is -1.58. The van der Waals surface area contributed by atoms with Crippen LogP contribution in [0.2, 0.25) is 0 Å². The van der Waals surface area contributed by atoms with Crippen molar-refractivity contribution >= 4 is 11.7 Å². The van der Waals surface area contributed by atoms with Crippen molar-refractivity contribution in [2.45, 2.75) is 46.6 Å². The molecule has 1 aromatic heterocycles. The van der Waals surface area contributed by atoms with Crippen molar-refractivity contribution in [1.29, 1.82) is 0 Å². The van der Waals surface area contributed by atoms with Crippen molar-refractivity contribution in [1.82, 2.24) is 9.88 Å². The highest BCUT2D eigenvalue weighted by molar-refractivity contribution is 5.99. The monoisotopic (exact) mass is 289 g/mol. The molecule has 1 aliphatic heterocycles. The topological polar surface area (TPSA) is 45.2 Å². The number of hydrogen-bond acceptors (Lipinski definition) is 3. The smallest absolute Gasteiger partial charge is 0.257 e. The number of anilines is 1. The summed E-state index contributed by atoms with van der Waals surface area (Å²) in [6.07, 6.45) is 3.94. The summed E-state index contributed by atoms with van der Waals surface area (Å²) >= 11 is 0. The Balaban J connectivity index is 2.22. The van der Waals surface area contributed by atoms with Gasteiger partial charge in [-0.1, -0.05) is 20.8 Å². The van der Waals surface area contributed by atoms with E-state index in [0.717, 1.165) is 19.5 Å². The molecule has 0 spiro atoms. The van der Waals surface area contributed by atoms with Gasteiger partial charge in [0, 0.05) is 25.3 Å². The molecule has 2 heterocycles. The molecule has 1 amide bonds. The van der Waals surface area contributed by atoms with Gasteiger partial charge in [-0.05, 0) is 43.7 Å². The summed E-state index contributed by atoms with van der Waals surface area (Å²) in [4.78, 5) is 19.3. The maximum atomic E-state index is 12.9. The van der Waals surface area contributed by atoms with E-state index in [1.807, 2.05) is 17.0 Å². The minimum Gasteiger partial charge on any atom is -0.369 e. The number of hydrogen-bond donors (Lipinski definition) is 1. The van der Waals surface area contributed by atoms with Crippen LogP contribution in [-0.2, 0) is 0 Å². The molecule has 0 aliphatic carbocycles. The summed E-state index contributed by atoms with van der Waals surface area (Å²) in [5, 5.41) is 3.26. The van der Waals surface area contributed by atoms with Gasteiger partial charge >= 0.3 is 0 Å². The molecule has 1 aliphatic rings. The van der Waals surface area contributed by atoms with Crippen LogP contribution in [0.4, 0.5) is 5.82 Å². The molecule has 1 N–H and O–H groups in total. The van der Waals surface area contributed by atoms with Gasteiger partial charge in [-0.15, -0.1) is 0 Å². The molecule has 1 aromatic rings. The predicted octanol–water partition coefficient (Wildman–Crippen LogP) is 3.41. The first-order chi connectivity index (χ1) is 10.0. The van der Waals surface area contributed by atoms with Gasteiger partial charge in [0.25, 0.3) is 5.91 Å². The third-order valence-corrected chi connectivity index (χ3v) is 4.44. The fourth-order valence-electron chi connectivity index (χ4n) is 3.10. The van der Waals surface area contributed by atoms with Crippen LogP contribution in [-0.4, -0.2) is 34.9 Å². The maximum Gasteiger partial charge on any atom is 0.257 e. The highest BCUT2D eigenvalue weighted by Gasteiger charge is 2.33. The zero-order valence-electron chi connectivity index (χ0n) is 13.6. The lowest BCUT2D eigenvalue weighted by molar-refractivity contribution is 0.0456. The summed E-state index contributed by atoms with van der Waals surface area (Å²) in [7, 11) is 0. The Kier molecular flexibility index (Phi) is 5.21.